The lowest BCUT2D eigenvalue weighted by Crippen LogP contribution is -2.48. The zero-order valence-corrected chi connectivity index (χ0v) is 16.0. The molecule has 2 heterocycles. The number of oxime groups is 1. The first-order valence-corrected chi connectivity index (χ1v) is 9.36. The number of benzene rings is 2. The summed E-state index contributed by atoms with van der Waals surface area (Å²) in [6.45, 7) is 3.88. The van der Waals surface area contributed by atoms with Gasteiger partial charge in [0, 0.05) is 5.02 Å². The highest BCUT2D eigenvalue weighted by atomic mass is 35.5. The lowest BCUT2D eigenvalue weighted by molar-refractivity contribution is -0.0285. The van der Waals surface area contributed by atoms with Crippen LogP contribution in [0.25, 0.3) is 0 Å². The van der Waals surface area contributed by atoms with Crippen molar-refractivity contribution < 1.29 is 14.4 Å². The van der Waals surface area contributed by atoms with Crippen molar-refractivity contribution in [3.8, 4) is 0 Å². The van der Waals surface area contributed by atoms with Gasteiger partial charge in [0.15, 0.2) is 0 Å². The van der Waals surface area contributed by atoms with Gasteiger partial charge in [0.2, 0.25) is 6.23 Å². The molecule has 4 rings (SSSR count). The lowest BCUT2D eigenvalue weighted by Gasteiger charge is -2.31. The fraction of sp³-hybridized carbons (Fsp3) is 0.333. The van der Waals surface area contributed by atoms with Crippen molar-refractivity contribution >= 4 is 23.4 Å². The van der Waals surface area contributed by atoms with Crippen LogP contribution in [0.5, 0.6) is 0 Å². The smallest absolute Gasteiger partial charge is 0.413 e. The van der Waals surface area contributed by atoms with Crippen molar-refractivity contribution in [3.63, 3.8) is 0 Å². The van der Waals surface area contributed by atoms with Gasteiger partial charge in [-0.2, -0.15) is 0 Å². The molecule has 0 saturated carbocycles. The molecule has 0 N–H and O–H groups in total. The Morgan fingerprint density at radius 3 is 2.56 bits per heavy atom. The SMILES string of the molecule is CC1(C)OC(=O)N([C@H]2CC(c3ccc(Cl)cc3)=NO2)[C@H]1Cc1ccccc1. The topological polar surface area (TPSA) is 51.1 Å². The van der Waals surface area contributed by atoms with Crippen LogP contribution in [0.1, 0.15) is 31.4 Å². The van der Waals surface area contributed by atoms with Gasteiger partial charge in [-0.15, -0.1) is 0 Å². The zero-order valence-electron chi connectivity index (χ0n) is 15.3. The maximum absolute atomic E-state index is 12.6. The molecule has 2 aliphatic rings. The molecule has 5 nitrogen and oxygen atoms in total. The summed E-state index contributed by atoms with van der Waals surface area (Å²) in [6.07, 6.45) is 0.366. The molecule has 2 aromatic carbocycles. The Labute approximate surface area is 163 Å². The van der Waals surface area contributed by atoms with E-state index in [1.165, 1.54) is 0 Å². The van der Waals surface area contributed by atoms with Crippen LogP contribution in [0.15, 0.2) is 59.8 Å². The Morgan fingerprint density at radius 1 is 1.15 bits per heavy atom. The number of ether oxygens (including phenoxy) is 1. The zero-order chi connectivity index (χ0) is 19.0. The summed E-state index contributed by atoms with van der Waals surface area (Å²) in [7, 11) is 0. The Morgan fingerprint density at radius 2 is 1.85 bits per heavy atom. The summed E-state index contributed by atoms with van der Waals surface area (Å²) in [6, 6.07) is 17.4. The van der Waals surface area contributed by atoms with Gasteiger partial charge in [-0.3, -0.25) is 4.90 Å². The van der Waals surface area contributed by atoms with Crippen LogP contribution in [0.2, 0.25) is 5.02 Å². The van der Waals surface area contributed by atoms with E-state index in [2.05, 4.69) is 17.3 Å². The van der Waals surface area contributed by atoms with Crippen LogP contribution < -0.4 is 0 Å². The van der Waals surface area contributed by atoms with Gasteiger partial charge < -0.3 is 9.57 Å². The quantitative estimate of drug-likeness (QED) is 0.772. The van der Waals surface area contributed by atoms with Crippen LogP contribution in [0.4, 0.5) is 4.79 Å². The number of cyclic esters (lactones) is 1. The van der Waals surface area contributed by atoms with Crippen molar-refractivity contribution in [1.82, 2.24) is 4.90 Å². The van der Waals surface area contributed by atoms with Gasteiger partial charge in [0.05, 0.1) is 18.2 Å². The van der Waals surface area contributed by atoms with Crippen molar-refractivity contribution in [2.45, 2.75) is 44.6 Å². The van der Waals surface area contributed by atoms with Gasteiger partial charge in [-0.05, 0) is 43.5 Å². The summed E-state index contributed by atoms with van der Waals surface area (Å²) in [5.41, 5.74) is 2.27. The average molecular weight is 385 g/mol. The monoisotopic (exact) mass is 384 g/mol. The van der Waals surface area contributed by atoms with Gasteiger partial charge in [0.25, 0.3) is 0 Å². The third-order valence-corrected chi connectivity index (χ3v) is 5.36. The second kappa shape index (κ2) is 6.89. The van der Waals surface area contributed by atoms with E-state index >= 15 is 0 Å². The summed E-state index contributed by atoms with van der Waals surface area (Å²) in [4.78, 5) is 20.0. The highest BCUT2D eigenvalue weighted by Crippen LogP contribution is 2.36. The predicted octanol–water partition coefficient (Wildman–Crippen LogP) is 4.63. The second-order valence-corrected chi connectivity index (χ2v) is 7.83. The van der Waals surface area contributed by atoms with E-state index in [1.54, 1.807) is 4.90 Å². The van der Waals surface area contributed by atoms with E-state index in [0.717, 1.165) is 16.8 Å². The third kappa shape index (κ3) is 3.52. The minimum Gasteiger partial charge on any atom is -0.441 e. The first kappa shape index (κ1) is 17.9. The fourth-order valence-corrected chi connectivity index (χ4v) is 3.76. The van der Waals surface area contributed by atoms with Crippen LogP contribution >= 0.6 is 11.6 Å². The van der Waals surface area contributed by atoms with E-state index < -0.39 is 11.8 Å². The molecule has 1 amide bonds. The van der Waals surface area contributed by atoms with E-state index in [4.69, 9.17) is 21.2 Å². The Hall–Kier alpha value is -2.53. The normalized spacial score (nSPS) is 23.7. The van der Waals surface area contributed by atoms with Crippen molar-refractivity contribution in [1.29, 1.82) is 0 Å². The molecule has 2 aliphatic heterocycles. The average Bonchev–Trinajstić information content (AvgIpc) is 3.19. The maximum Gasteiger partial charge on any atom is 0.413 e. The number of nitrogens with zero attached hydrogens (tertiary/aromatic N) is 2. The molecular weight excluding hydrogens is 364 g/mol. The van der Waals surface area contributed by atoms with Crippen molar-refractivity contribution in [2.75, 3.05) is 0 Å². The van der Waals surface area contributed by atoms with Gasteiger partial charge in [-0.1, -0.05) is 59.2 Å². The molecule has 0 aliphatic carbocycles. The highest BCUT2D eigenvalue weighted by Gasteiger charge is 2.52. The van der Waals surface area contributed by atoms with E-state index in [9.17, 15) is 4.79 Å². The first-order chi connectivity index (χ1) is 12.9. The van der Waals surface area contributed by atoms with Crippen LogP contribution in [-0.4, -0.2) is 34.6 Å². The van der Waals surface area contributed by atoms with Crippen LogP contribution in [0.3, 0.4) is 0 Å². The number of halogens is 1. The van der Waals surface area contributed by atoms with Gasteiger partial charge in [-0.25, -0.2) is 4.79 Å². The fourth-order valence-electron chi connectivity index (χ4n) is 3.63. The molecule has 2 atom stereocenters. The summed E-state index contributed by atoms with van der Waals surface area (Å²) in [5, 5.41) is 4.88. The van der Waals surface area contributed by atoms with Crippen molar-refractivity contribution in [2.24, 2.45) is 5.16 Å². The van der Waals surface area contributed by atoms with Crippen molar-refractivity contribution in [3.05, 3.63) is 70.7 Å². The second-order valence-electron chi connectivity index (χ2n) is 7.39. The predicted molar refractivity (Wildman–Crippen MR) is 104 cm³/mol. The first-order valence-electron chi connectivity index (χ1n) is 8.98. The molecule has 0 aromatic heterocycles. The highest BCUT2D eigenvalue weighted by molar-refractivity contribution is 6.30. The standard InChI is InChI=1S/C21H21ClN2O3/c1-21(2)18(12-14-6-4-3-5-7-14)24(20(25)26-21)19-13-17(23-27-19)15-8-10-16(22)11-9-15/h3-11,18-19H,12-13H2,1-2H3/t18-,19+/m0/s1. The Bertz CT molecular complexity index is 865. The van der Waals surface area contributed by atoms with E-state index in [0.29, 0.717) is 17.9 Å². The van der Waals surface area contributed by atoms with Gasteiger partial charge in [0.1, 0.15) is 5.60 Å². The molecule has 1 fully saturated rings. The number of hydrogen-bond acceptors (Lipinski definition) is 4. The van der Waals surface area contributed by atoms with E-state index in [1.807, 2.05) is 56.3 Å². The number of rotatable bonds is 4. The van der Waals surface area contributed by atoms with Crippen LogP contribution in [-0.2, 0) is 16.0 Å². The molecular formula is C21H21ClN2O3. The molecule has 0 spiro atoms. The molecule has 2 aromatic rings. The lowest BCUT2D eigenvalue weighted by atomic mass is 9.91. The molecule has 140 valence electrons. The number of carbonyl (C=O) groups excluding carboxylic acids is 1. The minimum absolute atomic E-state index is 0.142. The Balaban J connectivity index is 1.54. The number of hydrogen-bond donors (Lipinski definition) is 0. The summed E-state index contributed by atoms with van der Waals surface area (Å²) in [5.74, 6) is 0. The molecule has 27 heavy (non-hydrogen) atoms. The maximum atomic E-state index is 12.6. The Kier molecular flexibility index (Phi) is 4.56. The number of carbonyl (C=O) groups is 1. The molecule has 0 radical (unpaired) electrons. The molecule has 1 saturated heterocycles. The summed E-state index contributed by atoms with van der Waals surface area (Å²) < 4.78 is 5.65. The van der Waals surface area contributed by atoms with E-state index in [-0.39, 0.29) is 12.1 Å². The van der Waals surface area contributed by atoms with Crippen LogP contribution in [0, 0.1) is 0 Å². The molecule has 6 heteroatoms. The molecule has 0 unspecified atom stereocenters. The number of amides is 1. The third-order valence-electron chi connectivity index (χ3n) is 5.11. The minimum atomic E-state index is -0.612. The molecule has 0 bridgehead atoms. The summed E-state index contributed by atoms with van der Waals surface area (Å²) >= 11 is 5.96. The van der Waals surface area contributed by atoms with Gasteiger partial charge >= 0.3 is 6.09 Å². The largest absolute Gasteiger partial charge is 0.441 e.